The maximum Gasteiger partial charge on any atom is 0.251 e. The summed E-state index contributed by atoms with van der Waals surface area (Å²) in [5, 5.41) is 5.86. The fourth-order valence-electron chi connectivity index (χ4n) is 2.96. The van der Waals surface area contributed by atoms with Crippen LogP contribution in [0.2, 0.25) is 0 Å². The van der Waals surface area contributed by atoms with Gasteiger partial charge in [0.1, 0.15) is 0 Å². The standard InChI is InChI=1S/C23H22N2O2.C4H10O.C3H8O.C2H6.2H2/c26-22(20-11-4-1-2-5-12-20)24-16-18-9-8-10-19(15-18)17-25-23(27)21-13-6-3-7-14-21;1-3-5-4-2;1-3-4-2;1-2;;/h1-4,6-15H,5,16-17H2,(H,24,26)(H,25,27);3-4H2,1-2H3;3H2,1-2H3;1-2H3;2*1H. The summed E-state index contributed by atoms with van der Waals surface area (Å²) in [7, 11) is 1.68. The van der Waals surface area contributed by atoms with Crippen molar-refractivity contribution in [2.75, 3.05) is 26.9 Å². The van der Waals surface area contributed by atoms with E-state index in [1.165, 1.54) is 0 Å². The van der Waals surface area contributed by atoms with Gasteiger partial charge in [-0.1, -0.05) is 80.6 Å². The van der Waals surface area contributed by atoms with Gasteiger partial charge in [-0.2, -0.15) is 0 Å². The normalized spacial score (nSPS) is 11.2. The molecule has 1 aliphatic carbocycles. The van der Waals surface area contributed by atoms with Crippen LogP contribution in [0.1, 0.15) is 65.4 Å². The molecule has 2 N–H and O–H groups in total. The van der Waals surface area contributed by atoms with E-state index in [1.807, 2.05) is 107 Å². The first-order valence-electron chi connectivity index (χ1n) is 13.3. The lowest BCUT2D eigenvalue weighted by Crippen LogP contribution is -2.24. The molecular weight excluding hydrogens is 476 g/mol. The lowest BCUT2D eigenvalue weighted by Gasteiger charge is -2.09. The Morgan fingerprint density at radius 3 is 1.92 bits per heavy atom. The molecule has 0 saturated carbocycles. The van der Waals surface area contributed by atoms with E-state index in [9.17, 15) is 9.59 Å². The predicted molar refractivity (Wildman–Crippen MR) is 162 cm³/mol. The van der Waals surface area contributed by atoms with Crippen molar-refractivity contribution in [1.29, 1.82) is 0 Å². The van der Waals surface area contributed by atoms with Gasteiger partial charge >= 0.3 is 0 Å². The minimum absolute atomic E-state index is 0. The Bertz CT molecular complexity index is 989. The zero-order valence-corrected chi connectivity index (χ0v) is 24.0. The third-order valence-electron chi connectivity index (χ3n) is 4.89. The summed E-state index contributed by atoms with van der Waals surface area (Å²) in [5.74, 6) is -0.187. The van der Waals surface area contributed by atoms with Gasteiger partial charge in [-0.15, -0.1) is 0 Å². The van der Waals surface area contributed by atoms with E-state index in [2.05, 4.69) is 15.4 Å². The number of benzene rings is 2. The Morgan fingerprint density at radius 2 is 1.39 bits per heavy atom. The summed E-state index contributed by atoms with van der Waals surface area (Å²) >= 11 is 0. The van der Waals surface area contributed by atoms with Crippen LogP contribution in [0.4, 0.5) is 0 Å². The van der Waals surface area contributed by atoms with Crippen molar-refractivity contribution in [3.05, 3.63) is 107 Å². The Balaban J connectivity index is -0.000000908. The number of methoxy groups -OCH3 is 1. The average Bonchev–Trinajstić information content (AvgIpc) is 3.27. The lowest BCUT2D eigenvalue weighted by molar-refractivity contribution is -0.117. The van der Waals surface area contributed by atoms with E-state index in [4.69, 9.17) is 4.74 Å². The molecule has 2 aromatic rings. The zero-order valence-electron chi connectivity index (χ0n) is 24.0. The highest BCUT2D eigenvalue weighted by atomic mass is 16.5. The zero-order chi connectivity index (χ0) is 28.4. The number of carbonyl (C=O) groups excluding carboxylic acids is 2. The maximum absolute atomic E-state index is 12.3. The summed E-state index contributed by atoms with van der Waals surface area (Å²) in [6, 6.07) is 17.0. The van der Waals surface area contributed by atoms with Gasteiger partial charge in [0.25, 0.3) is 11.8 Å². The molecule has 0 aromatic heterocycles. The Labute approximate surface area is 232 Å². The molecule has 2 aromatic carbocycles. The average molecular weight is 527 g/mol. The molecule has 0 fully saturated rings. The number of hydrogen-bond donors (Lipinski definition) is 2. The van der Waals surface area contributed by atoms with Crippen molar-refractivity contribution < 1.29 is 21.9 Å². The molecule has 0 saturated heterocycles. The van der Waals surface area contributed by atoms with E-state index in [1.54, 1.807) is 19.2 Å². The third-order valence-corrected chi connectivity index (χ3v) is 4.89. The first-order valence-corrected chi connectivity index (χ1v) is 13.3. The number of allylic oxidation sites excluding steroid dienone is 4. The van der Waals surface area contributed by atoms with Crippen molar-refractivity contribution in [1.82, 2.24) is 10.6 Å². The smallest absolute Gasteiger partial charge is 0.251 e. The van der Waals surface area contributed by atoms with Crippen LogP contribution >= 0.6 is 0 Å². The summed E-state index contributed by atoms with van der Waals surface area (Å²) in [6.07, 6.45) is 10.3. The Hall–Kier alpha value is -3.48. The second-order valence-electron chi connectivity index (χ2n) is 7.59. The largest absolute Gasteiger partial charge is 0.385 e. The number of ether oxygens (including phenoxy) is 2. The molecule has 212 valence electrons. The van der Waals surface area contributed by atoms with Gasteiger partial charge < -0.3 is 20.1 Å². The minimum Gasteiger partial charge on any atom is -0.385 e. The summed E-state index contributed by atoms with van der Waals surface area (Å²) in [4.78, 5) is 24.4. The Kier molecular flexibility index (Phi) is 21.7. The highest BCUT2D eigenvalue weighted by Gasteiger charge is 2.07. The molecule has 6 heteroatoms. The van der Waals surface area contributed by atoms with Crippen LogP contribution in [0, 0.1) is 0 Å². The van der Waals surface area contributed by atoms with Gasteiger partial charge in [-0.25, -0.2) is 0 Å². The van der Waals surface area contributed by atoms with E-state index in [-0.39, 0.29) is 14.7 Å². The second-order valence-corrected chi connectivity index (χ2v) is 7.59. The predicted octanol–water partition coefficient (Wildman–Crippen LogP) is 6.89. The molecule has 1 aliphatic rings. The van der Waals surface area contributed by atoms with E-state index in [0.29, 0.717) is 24.2 Å². The molecule has 0 unspecified atom stereocenters. The highest BCUT2D eigenvalue weighted by Crippen LogP contribution is 2.08. The van der Waals surface area contributed by atoms with Gasteiger partial charge in [-0.05, 0) is 56.5 Å². The lowest BCUT2D eigenvalue weighted by atomic mass is 10.1. The summed E-state index contributed by atoms with van der Waals surface area (Å²) < 4.78 is 9.38. The van der Waals surface area contributed by atoms with Crippen LogP contribution in [0.3, 0.4) is 0 Å². The van der Waals surface area contributed by atoms with Crippen molar-refractivity contribution in [3.8, 4) is 0 Å². The van der Waals surface area contributed by atoms with Crippen LogP contribution in [0.5, 0.6) is 0 Å². The molecule has 0 bridgehead atoms. The topological polar surface area (TPSA) is 76.7 Å². The fourth-order valence-corrected chi connectivity index (χ4v) is 2.96. The molecule has 0 atom stereocenters. The summed E-state index contributed by atoms with van der Waals surface area (Å²) in [5.41, 5.74) is 3.29. The first kappa shape index (κ1) is 34.5. The van der Waals surface area contributed by atoms with Crippen LogP contribution in [0.25, 0.3) is 0 Å². The molecule has 38 heavy (non-hydrogen) atoms. The number of rotatable bonds is 9. The molecule has 0 aliphatic heterocycles. The summed E-state index contributed by atoms with van der Waals surface area (Å²) in [6.45, 7) is 13.3. The molecule has 6 nitrogen and oxygen atoms in total. The van der Waals surface area contributed by atoms with Crippen LogP contribution < -0.4 is 10.6 Å². The number of nitrogens with one attached hydrogen (secondary N) is 2. The van der Waals surface area contributed by atoms with Crippen LogP contribution in [0.15, 0.2) is 90.6 Å². The number of carbonyl (C=O) groups is 2. The SMILES string of the molecule is CC.CCOC.CCOCC.O=C(NCc1cccc(CNC(=O)c2ccccc2)c1)C1=CCC=CC=C1.[HH].[HH]. The van der Waals surface area contributed by atoms with Crippen molar-refractivity contribution in [2.24, 2.45) is 0 Å². The van der Waals surface area contributed by atoms with Gasteiger partial charge in [0.15, 0.2) is 0 Å². The van der Waals surface area contributed by atoms with Gasteiger partial charge in [0.05, 0.1) is 0 Å². The van der Waals surface area contributed by atoms with E-state index in [0.717, 1.165) is 37.4 Å². The number of amides is 2. The number of hydrogen-bond acceptors (Lipinski definition) is 4. The quantitative estimate of drug-likeness (QED) is 0.373. The monoisotopic (exact) mass is 526 g/mol. The first-order chi connectivity index (χ1) is 18.5. The van der Waals surface area contributed by atoms with Crippen LogP contribution in [-0.2, 0) is 27.4 Å². The fraction of sp³-hybridized carbons (Fsp3) is 0.375. The molecule has 2 amide bonds. The molecule has 0 radical (unpaired) electrons. The molecular formula is C32H50N2O4. The highest BCUT2D eigenvalue weighted by molar-refractivity contribution is 5.96. The molecule has 3 rings (SSSR count). The van der Waals surface area contributed by atoms with Crippen molar-refractivity contribution in [3.63, 3.8) is 0 Å². The van der Waals surface area contributed by atoms with E-state index < -0.39 is 0 Å². The molecule has 0 spiro atoms. The second kappa shape index (κ2) is 23.9. The van der Waals surface area contributed by atoms with Crippen LogP contribution in [-0.4, -0.2) is 38.7 Å². The van der Waals surface area contributed by atoms with E-state index >= 15 is 0 Å². The Morgan fingerprint density at radius 1 is 0.816 bits per heavy atom. The van der Waals surface area contributed by atoms with Crippen molar-refractivity contribution in [2.45, 2.75) is 54.1 Å². The maximum atomic E-state index is 12.3. The van der Waals surface area contributed by atoms with Gasteiger partial charge in [0, 0.05) is 54.0 Å². The minimum atomic E-state index is -0.102. The third kappa shape index (κ3) is 16.3. The van der Waals surface area contributed by atoms with Crippen molar-refractivity contribution >= 4 is 11.8 Å². The van der Waals surface area contributed by atoms with Gasteiger partial charge in [0.2, 0.25) is 0 Å². The molecule has 0 heterocycles. The van der Waals surface area contributed by atoms with Gasteiger partial charge in [-0.3, -0.25) is 9.59 Å².